The number of aryl methyl sites for hydroxylation is 1. The van der Waals surface area contributed by atoms with Crippen LogP contribution in [0.1, 0.15) is 27.2 Å². The number of rotatable bonds is 12. The van der Waals surface area contributed by atoms with Crippen molar-refractivity contribution in [2.24, 2.45) is 0 Å². The van der Waals surface area contributed by atoms with Crippen LogP contribution in [-0.2, 0) is 20.9 Å². The Bertz CT molecular complexity index is 1690. The van der Waals surface area contributed by atoms with Gasteiger partial charge in [-0.05, 0) is 55.0 Å². The van der Waals surface area contributed by atoms with Crippen LogP contribution >= 0.6 is 23.2 Å². The molecule has 1 aromatic heterocycles. The van der Waals surface area contributed by atoms with Crippen LogP contribution in [0.2, 0.25) is 10.0 Å². The number of amides is 3. The van der Waals surface area contributed by atoms with Crippen LogP contribution in [0.15, 0.2) is 72.8 Å². The molecule has 44 heavy (non-hydrogen) atoms. The lowest BCUT2D eigenvalue weighted by atomic mass is 10.1. The van der Waals surface area contributed by atoms with Crippen molar-refractivity contribution in [1.82, 2.24) is 15.6 Å². The molecular weight excluding hydrogens is 603 g/mol. The number of pyridine rings is 1. The number of nitrogens with zero attached hydrogens (tertiary/aromatic N) is 2. The predicted molar refractivity (Wildman–Crippen MR) is 173 cm³/mol. The minimum absolute atomic E-state index is 0.0588. The topological polar surface area (TPSA) is 110 Å². The van der Waals surface area contributed by atoms with Crippen LogP contribution < -0.4 is 20.3 Å². The molecular formula is C33H32Cl2N4O5. The summed E-state index contributed by atoms with van der Waals surface area (Å²) in [5, 5.41) is 6.92. The van der Waals surface area contributed by atoms with E-state index in [1.54, 1.807) is 56.6 Å². The van der Waals surface area contributed by atoms with Gasteiger partial charge in [-0.25, -0.2) is 4.98 Å². The molecule has 0 atom stereocenters. The minimum atomic E-state index is -0.455. The van der Waals surface area contributed by atoms with Crippen molar-refractivity contribution in [3.8, 4) is 5.75 Å². The summed E-state index contributed by atoms with van der Waals surface area (Å²) in [7, 11) is 3.13. The smallest absolute Gasteiger partial charge is 0.251 e. The second kappa shape index (κ2) is 15.3. The molecule has 0 fully saturated rings. The summed E-state index contributed by atoms with van der Waals surface area (Å²) in [6.45, 7) is 2.55. The number of para-hydroxylation sites is 1. The summed E-state index contributed by atoms with van der Waals surface area (Å²) >= 11 is 13.2. The van der Waals surface area contributed by atoms with E-state index < -0.39 is 5.91 Å². The lowest BCUT2D eigenvalue weighted by molar-refractivity contribution is -0.122. The number of methoxy groups -OCH3 is 1. The van der Waals surface area contributed by atoms with E-state index in [0.717, 1.165) is 16.6 Å². The van der Waals surface area contributed by atoms with Gasteiger partial charge in [0, 0.05) is 54.0 Å². The van der Waals surface area contributed by atoms with E-state index in [9.17, 15) is 14.4 Å². The molecule has 1 heterocycles. The first kappa shape index (κ1) is 32.5. The Labute approximate surface area is 265 Å². The average Bonchev–Trinajstić information content (AvgIpc) is 3.02. The molecule has 0 radical (unpaired) electrons. The Morgan fingerprint density at radius 2 is 1.75 bits per heavy atom. The number of aromatic nitrogens is 1. The molecule has 0 saturated heterocycles. The fourth-order valence-corrected chi connectivity index (χ4v) is 4.83. The number of fused-ring (bicyclic) bond motifs is 1. The Morgan fingerprint density at radius 3 is 2.50 bits per heavy atom. The molecule has 3 aromatic carbocycles. The molecule has 228 valence electrons. The third-order valence-electron chi connectivity index (χ3n) is 6.70. The molecule has 0 aliphatic heterocycles. The predicted octanol–water partition coefficient (Wildman–Crippen LogP) is 5.60. The van der Waals surface area contributed by atoms with Crippen molar-refractivity contribution in [2.45, 2.75) is 13.5 Å². The number of hydrogen-bond acceptors (Lipinski definition) is 6. The van der Waals surface area contributed by atoms with E-state index in [-0.39, 0.29) is 30.0 Å². The average molecular weight is 636 g/mol. The van der Waals surface area contributed by atoms with E-state index in [0.29, 0.717) is 46.3 Å². The number of likely N-dealkylation sites (N-methyl/N-ethyl adjacent to an activating group) is 1. The van der Waals surface area contributed by atoms with Crippen molar-refractivity contribution in [1.29, 1.82) is 0 Å². The van der Waals surface area contributed by atoms with E-state index in [2.05, 4.69) is 15.6 Å². The zero-order chi connectivity index (χ0) is 31.6. The SMILES string of the molecule is COCCNC(=O)c1ccc(/C=C/C(=O)NCC(=O)N(C)c2ccc(Cl)c(COc3cccc4ccc(C)nc34)c2Cl)cc1. The van der Waals surface area contributed by atoms with Crippen molar-refractivity contribution in [3.63, 3.8) is 0 Å². The molecule has 0 spiro atoms. The number of anilines is 1. The van der Waals surface area contributed by atoms with Crippen LogP contribution in [-0.4, -0.2) is 56.6 Å². The van der Waals surface area contributed by atoms with Gasteiger partial charge in [-0.2, -0.15) is 0 Å². The lowest BCUT2D eigenvalue weighted by Crippen LogP contribution is -2.37. The number of carbonyl (C=O) groups is 3. The van der Waals surface area contributed by atoms with Gasteiger partial charge in [0.25, 0.3) is 5.91 Å². The highest BCUT2D eigenvalue weighted by molar-refractivity contribution is 6.38. The molecule has 9 nitrogen and oxygen atoms in total. The fourth-order valence-electron chi connectivity index (χ4n) is 4.22. The minimum Gasteiger partial charge on any atom is -0.487 e. The van der Waals surface area contributed by atoms with Gasteiger partial charge < -0.3 is 25.0 Å². The highest BCUT2D eigenvalue weighted by Crippen LogP contribution is 2.35. The van der Waals surface area contributed by atoms with E-state index in [4.69, 9.17) is 32.7 Å². The van der Waals surface area contributed by atoms with Gasteiger partial charge in [0.05, 0.1) is 23.9 Å². The van der Waals surface area contributed by atoms with Gasteiger partial charge in [0.1, 0.15) is 17.9 Å². The molecule has 2 N–H and O–H groups in total. The molecule has 0 aliphatic carbocycles. The van der Waals surface area contributed by atoms with Crippen molar-refractivity contribution < 1.29 is 23.9 Å². The maximum Gasteiger partial charge on any atom is 0.251 e. The molecule has 4 rings (SSSR count). The fraction of sp³-hybridized carbons (Fsp3) is 0.212. The van der Waals surface area contributed by atoms with Gasteiger partial charge in [-0.1, -0.05) is 53.5 Å². The Morgan fingerprint density at radius 1 is 0.977 bits per heavy atom. The van der Waals surface area contributed by atoms with Crippen LogP contribution in [0.25, 0.3) is 17.0 Å². The van der Waals surface area contributed by atoms with Crippen LogP contribution in [0, 0.1) is 6.92 Å². The van der Waals surface area contributed by atoms with E-state index in [1.165, 1.54) is 11.0 Å². The maximum atomic E-state index is 12.9. The third-order valence-corrected chi connectivity index (χ3v) is 7.48. The van der Waals surface area contributed by atoms with Gasteiger partial charge in [-0.15, -0.1) is 0 Å². The first-order valence-electron chi connectivity index (χ1n) is 13.7. The van der Waals surface area contributed by atoms with Crippen LogP contribution in [0.4, 0.5) is 5.69 Å². The summed E-state index contributed by atoms with van der Waals surface area (Å²) in [5.41, 5.74) is 3.74. The van der Waals surface area contributed by atoms with Crippen molar-refractivity contribution >= 4 is 63.6 Å². The van der Waals surface area contributed by atoms with Crippen molar-refractivity contribution in [3.05, 3.63) is 105 Å². The molecule has 0 bridgehead atoms. The van der Waals surface area contributed by atoms with Gasteiger partial charge in [-0.3, -0.25) is 14.4 Å². The number of ether oxygens (including phenoxy) is 2. The van der Waals surface area contributed by atoms with E-state index in [1.807, 2.05) is 37.3 Å². The first-order valence-corrected chi connectivity index (χ1v) is 14.5. The van der Waals surface area contributed by atoms with Crippen molar-refractivity contribution in [2.75, 3.05) is 38.8 Å². The Kier molecular flexibility index (Phi) is 11.3. The molecule has 3 amide bonds. The molecule has 4 aromatic rings. The zero-order valence-electron chi connectivity index (χ0n) is 24.5. The highest BCUT2D eigenvalue weighted by Gasteiger charge is 2.19. The standard InChI is InChI=1S/C33H32Cl2N4O5/c1-21-7-11-23-5-4-6-28(32(23)38-21)44-20-25-26(34)14-15-27(31(25)35)39(2)30(41)19-37-29(40)16-10-22-8-12-24(13-9-22)33(42)36-17-18-43-3/h4-16H,17-20H2,1-3H3,(H,36,42)(H,37,40)/b16-10+. The number of carbonyl (C=O) groups excluding carboxylic acids is 3. The molecule has 0 saturated carbocycles. The van der Waals surface area contributed by atoms with Crippen LogP contribution in [0.3, 0.4) is 0 Å². The monoisotopic (exact) mass is 634 g/mol. The Hall–Kier alpha value is -4.44. The number of nitrogens with one attached hydrogen (secondary N) is 2. The van der Waals surface area contributed by atoms with Gasteiger partial charge in [0.15, 0.2) is 0 Å². The number of benzene rings is 3. The summed E-state index contributed by atoms with van der Waals surface area (Å²) < 4.78 is 11.0. The molecule has 11 heteroatoms. The zero-order valence-corrected chi connectivity index (χ0v) is 26.0. The summed E-state index contributed by atoms with van der Waals surface area (Å²) in [4.78, 5) is 43.4. The Balaban J connectivity index is 1.34. The normalized spacial score (nSPS) is 11.0. The number of hydrogen-bond donors (Lipinski definition) is 2. The largest absolute Gasteiger partial charge is 0.487 e. The van der Waals surface area contributed by atoms with E-state index >= 15 is 0 Å². The second-order valence-electron chi connectivity index (χ2n) is 9.80. The number of halogens is 2. The molecule has 0 aliphatic rings. The van der Waals surface area contributed by atoms with Crippen LogP contribution in [0.5, 0.6) is 5.75 Å². The summed E-state index contributed by atoms with van der Waals surface area (Å²) in [5.74, 6) is -0.470. The highest BCUT2D eigenvalue weighted by atomic mass is 35.5. The summed E-state index contributed by atoms with van der Waals surface area (Å²) in [6, 6.07) is 19.6. The maximum absolute atomic E-state index is 12.9. The van der Waals surface area contributed by atoms with Gasteiger partial charge in [0.2, 0.25) is 11.8 Å². The third kappa shape index (κ3) is 8.35. The molecule has 0 unspecified atom stereocenters. The lowest BCUT2D eigenvalue weighted by Gasteiger charge is -2.21. The summed E-state index contributed by atoms with van der Waals surface area (Å²) in [6.07, 6.45) is 2.90. The van der Waals surface area contributed by atoms with Gasteiger partial charge >= 0.3 is 0 Å². The second-order valence-corrected chi connectivity index (χ2v) is 10.6. The quantitative estimate of drug-likeness (QED) is 0.155. The first-order chi connectivity index (χ1) is 21.2.